The summed E-state index contributed by atoms with van der Waals surface area (Å²) in [5.74, 6) is -0.337. The zero-order chi connectivity index (χ0) is 17.4. The molecule has 0 atom stereocenters. The van der Waals surface area contributed by atoms with Crippen LogP contribution in [0.3, 0.4) is 0 Å². The first-order valence-corrected chi connectivity index (χ1v) is 8.14. The van der Waals surface area contributed by atoms with E-state index in [9.17, 15) is 9.90 Å². The van der Waals surface area contributed by atoms with Gasteiger partial charge in [-0.05, 0) is 64.4 Å². The summed E-state index contributed by atoms with van der Waals surface area (Å²) in [5.41, 5.74) is 1.98. The molecular formula is C22H17NNaO2+. The summed E-state index contributed by atoms with van der Waals surface area (Å²) in [6.07, 6.45) is 0. The molecule has 0 radical (unpaired) electrons. The van der Waals surface area contributed by atoms with E-state index in [1.165, 1.54) is 0 Å². The third-order valence-corrected chi connectivity index (χ3v) is 4.46. The van der Waals surface area contributed by atoms with Gasteiger partial charge in [-0.25, -0.2) is 0 Å². The SMILES string of the molecule is Cc1ccccc1NC(=O)c1cc2cc3ccccc3cc2cc1O.[Na+]. The van der Waals surface area contributed by atoms with Crippen LogP contribution in [0.1, 0.15) is 15.9 Å². The number of hydrogen-bond acceptors (Lipinski definition) is 2. The number of nitrogens with one attached hydrogen (secondary N) is 1. The first kappa shape index (κ1) is 18.5. The number of amides is 1. The van der Waals surface area contributed by atoms with Crippen LogP contribution in [0.25, 0.3) is 21.5 Å². The number of anilines is 1. The van der Waals surface area contributed by atoms with Crippen LogP contribution in [0.5, 0.6) is 5.75 Å². The van der Waals surface area contributed by atoms with Crippen molar-refractivity contribution in [2.24, 2.45) is 0 Å². The minimum absolute atomic E-state index is 0. The molecule has 3 nitrogen and oxygen atoms in total. The maximum atomic E-state index is 12.6. The summed E-state index contributed by atoms with van der Waals surface area (Å²) < 4.78 is 0. The summed E-state index contributed by atoms with van der Waals surface area (Å²) in [7, 11) is 0. The van der Waals surface area contributed by atoms with E-state index in [1.807, 2.05) is 67.6 Å². The molecule has 0 fully saturated rings. The molecule has 4 heteroatoms. The number of carbonyl (C=O) groups is 1. The Bertz CT molecular complexity index is 1120. The number of fused-ring (bicyclic) bond motifs is 2. The van der Waals surface area contributed by atoms with E-state index < -0.39 is 0 Å². The molecule has 0 aromatic heterocycles. The van der Waals surface area contributed by atoms with Gasteiger partial charge in [0.1, 0.15) is 5.75 Å². The second-order valence-corrected chi connectivity index (χ2v) is 6.18. The van der Waals surface area contributed by atoms with Crippen molar-refractivity contribution in [3.05, 3.63) is 83.9 Å². The average molecular weight is 350 g/mol. The quantitative estimate of drug-likeness (QED) is 0.430. The predicted molar refractivity (Wildman–Crippen MR) is 102 cm³/mol. The van der Waals surface area contributed by atoms with Gasteiger partial charge in [0, 0.05) is 5.69 Å². The topological polar surface area (TPSA) is 49.3 Å². The molecule has 0 aliphatic heterocycles. The Labute approximate surface area is 174 Å². The van der Waals surface area contributed by atoms with E-state index in [0.29, 0.717) is 0 Å². The van der Waals surface area contributed by atoms with Gasteiger partial charge in [0.25, 0.3) is 5.91 Å². The molecule has 4 aromatic rings. The van der Waals surface area contributed by atoms with E-state index in [0.717, 1.165) is 32.8 Å². The summed E-state index contributed by atoms with van der Waals surface area (Å²) in [6, 6.07) is 23.1. The average Bonchev–Trinajstić information content (AvgIpc) is 2.61. The van der Waals surface area contributed by atoms with Crippen LogP contribution in [0.15, 0.2) is 72.8 Å². The fraction of sp³-hybridized carbons (Fsp3) is 0.0455. The fourth-order valence-corrected chi connectivity index (χ4v) is 3.06. The fourth-order valence-electron chi connectivity index (χ4n) is 3.06. The van der Waals surface area contributed by atoms with Crippen LogP contribution >= 0.6 is 0 Å². The second kappa shape index (κ2) is 7.50. The molecule has 1 amide bonds. The third-order valence-electron chi connectivity index (χ3n) is 4.46. The van der Waals surface area contributed by atoms with Crippen molar-refractivity contribution in [2.45, 2.75) is 6.92 Å². The zero-order valence-electron chi connectivity index (χ0n) is 14.8. The Balaban J connectivity index is 0.00000196. The van der Waals surface area contributed by atoms with Crippen molar-refractivity contribution in [1.82, 2.24) is 0 Å². The Hall–Kier alpha value is -2.33. The Morgan fingerprint density at radius 1 is 0.808 bits per heavy atom. The molecule has 4 rings (SSSR count). The maximum absolute atomic E-state index is 12.6. The summed E-state index contributed by atoms with van der Waals surface area (Å²) >= 11 is 0. The normalized spacial score (nSPS) is 10.5. The van der Waals surface area contributed by atoms with Gasteiger partial charge in [-0.1, -0.05) is 42.5 Å². The number of carbonyl (C=O) groups excluding carboxylic acids is 1. The molecule has 4 aromatic carbocycles. The smallest absolute Gasteiger partial charge is 0.507 e. The standard InChI is InChI=1S/C22H17NO2.Na/c1-14-6-2-5-9-20(14)23-22(25)19-12-17-10-15-7-3-4-8-16(15)11-18(17)13-21(19)24;/h2-13,24H,1H3,(H,23,25);/q;+1. The van der Waals surface area contributed by atoms with Crippen LogP contribution in [-0.2, 0) is 0 Å². The van der Waals surface area contributed by atoms with Crippen LogP contribution in [0.4, 0.5) is 5.69 Å². The number of aryl methyl sites for hydroxylation is 1. The van der Waals surface area contributed by atoms with Crippen molar-refractivity contribution in [2.75, 3.05) is 5.32 Å². The molecule has 0 aliphatic rings. The minimum atomic E-state index is -0.318. The first-order chi connectivity index (χ1) is 12.1. The largest absolute Gasteiger partial charge is 1.00 e. The predicted octanol–water partition coefficient (Wildman–Crippen LogP) is 2.26. The molecule has 26 heavy (non-hydrogen) atoms. The summed E-state index contributed by atoms with van der Waals surface area (Å²) in [5, 5.41) is 17.2. The molecule has 0 bridgehead atoms. The Morgan fingerprint density at radius 2 is 1.38 bits per heavy atom. The van der Waals surface area contributed by atoms with E-state index in [-0.39, 0.29) is 46.8 Å². The van der Waals surface area contributed by atoms with Gasteiger partial charge in [-0.3, -0.25) is 4.79 Å². The Kier molecular flexibility index (Phi) is 5.33. The van der Waals surface area contributed by atoms with Crippen LogP contribution in [0.2, 0.25) is 0 Å². The Morgan fingerprint density at radius 3 is 2.04 bits per heavy atom. The number of phenolic OH excluding ortho intramolecular Hbond substituents is 1. The number of para-hydroxylation sites is 1. The summed E-state index contributed by atoms with van der Waals surface area (Å²) in [6.45, 7) is 1.93. The van der Waals surface area contributed by atoms with E-state index >= 15 is 0 Å². The van der Waals surface area contributed by atoms with Crippen molar-refractivity contribution in [3.63, 3.8) is 0 Å². The number of hydrogen-bond donors (Lipinski definition) is 2. The molecular weight excluding hydrogens is 333 g/mol. The van der Waals surface area contributed by atoms with Crippen LogP contribution in [0, 0.1) is 6.92 Å². The van der Waals surface area contributed by atoms with E-state index in [1.54, 1.807) is 12.1 Å². The second-order valence-electron chi connectivity index (χ2n) is 6.18. The third kappa shape index (κ3) is 3.47. The number of benzene rings is 4. The minimum Gasteiger partial charge on any atom is -0.507 e. The van der Waals surface area contributed by atoms with Gasteiger partial charge in [-0.2, -0.15) is 0 Å². The number of rotatable bonds is 2. The monoisotopic (exact) mass is 350 g/mol. The van der Waals surface area contributed by atoms with Crippen molar-refractivity contribution < 1.29 is 39.5 Å². The molecule has 0 saturated carbocycles. The maximum Gasteiger partial charge on any atom is 1.00 e. The summed E-state index contributed by atoms with van der Waals surface area (Å²) in [4.78, 5) is 12.6. The molecule has 0 aliphatic carbocycles. The van der Waals surface area contributed by atoms with Gasteiger partial charge in [0.05, 0.1) is 5.56 Å². The van der Waals surface area contributed by atoms with E-state index in [4.69, 9.17) is 0 Å². The van der Waals surface area contributed by atoms with Gasteiger partial charge in [0.2, 0.25) is 0 Å². The molecule has 0 unspecified atom stereocenters. The molecule has 0 heterocycles. The number of phenols is 1. The molecule has 0 spiro atoms. The zero-order valence-corrected chi connectivity index (χ0v) is 16.8. The van der Waals surface area contributed by atoms with Crippen molar-refractivity contribution in [3.8, 4) is 5.75 Å². The van der Waals surface area contributed by atoms with Gasteiger partial charge >= 0.3 is 29.6 Å². The first-order valence-electron chi connectivity index (χ1n) is 8.14. The molecule has 122 valence electrons. The van der Waals surface area contributed by atoms with E-state index in [2.05, 4.69) is 5.32 Å². The number of aromatic hydroxyl groups is 1. The van der Waals surface area contributed by atoms with Gasteiger partial charge < -0.3 is 10.4 Å². The molecule has 2 N–H and O–H groups in total. The van der Waals surface area contributed by atoms with Crippen molar-refractivity contribution in [1.29, 1.82) is 0 Å². The van der Waals surface area contributed by atoms with Crippen LogP contribution in [-0.4, -0.2) is 11.0 Å². The van der Waals surface area contributed by atoms with Crippen molar-refractivity contribution >= 4 is 33.1 Å². The van der Waals surface area contributed by atoms with Gasteiger partial charge in [0.15, 0.2) is 0 Å². The van der Waals surface area contributed by atoms with Gasteiger partial charge in [-0.15, -0.1) is 0 Å². The van der Waals surface area contributed by atoms with Crippen LogP contribution < -0.4 is 34.9 Å². The molecule has 0 saturated heterocycles.